The van der Waals surface area contributed by atoms with Gasteiger partial charge >= 0.3 is 12.6 Å². The normalized spacial score (nSPS) is 19.5. The van der Waals surface area contributed by atoms with Crippen LogP contribution in [0.1, 0.15) is 12.5 Å². The fraction of sp³-hybridized carbons (Fsp3) is 0.250. The number of imide groups is 1. The van der Waals surface area contributed by atoms with Crippen molar-refractivity contribution in [2.24, 2.45) is 0 Å². The molecule has 162 valence electrons. The van der Waals surface area contributed by atoms with Gasteiger partial charge in [-0.25, -0.2) is 4.79 Å². The third-order valence-corrected chi connectivity index (χ3v) is 4.89. The molecule has 31 heavy (non-hydrogen) atoms. The number of ether oxygens (including phenoxy) is 3. The summed E-state index contributed by atoms with van der Waals surface area (Å²) >= 11 is 0. The van der Waals surface area contributed by atoms with Gasteiger partial charge in [0.2, 0.25) is 12.7 Å². The van der Waals surface area contributed by atoms with Crippen LogP contribution in [0.4, 0.5) is 19.3 Å². The molecule has 1 atom stereocenters. The van der Waals surface area contributed by atoms with Crippen LogP contribution < -0.4 is 24.8 Å². The molecule has 0 bridgehead atoms. The third kappa shape index (κ3) is 3.93. The number of nitrogens with one attached hydrogen (secondary N) is 2. The molecule has 2 aliphatic heterocycles. The Kier molecular flexibility index (Phi) is 5.09. The van der Waals surface area contributed by atoms with E-state index in [1.807, 2.05) is 0 Å². The molecular weight excluding hydrogens is 416 g/mol. The number of benzene rings is 2. The van der Waals surface area contributed by atoms with Gasteiger partial charge < -0.3 is 24.8 Å². The number of carbonyl (C=O) groups is 3. The van der Waals surface area contributed by atoms with Crippen LogP contribution >= 0.6 is 0 Å². The number of amides is 4. The Hall–Kier alpha value is -3.89. The highest BCUT2D eigenvalue weighted by Crippen LogP contribution is 2.34. The summed E-state index contributed by atoms with van der Waals surface area (Å²) in [6.45, 7) is -1.94. The van der Waals surface area contributed by atoms with E-state index in [2.05, 4.69) is 15.4 Å². The third-order valence-electron chi connectivity index (χ3n) is 4.89. The number of hydrogen-bond donors (Lipinski definition) is 2. The second-order valence-electron chi connectivity index (χ2n) is 6.97. The van der Waals surface area contributed by atoms with Crippen molar-refractivity contribution in [3.63, 3.8) is 0 Å². The van der Waals surface area contributed by atoms with Crippen molar-refractivity contribution in [3.05, 3.63) is 48.0 Å². The minimum atomic E-state index is -2.98. The molecule has 0 radical (unpaired) electrons. The van der Waals surface area contributed by atoms with Crippen molar-refractivity contribution in [3.8, 4) is 17.2 Å². The zero-order valence-corrected chi connectivity index (χ0v) is 16.2. The predicted molar refractivity (Wildman–Crippen MR) is 102 cm³/mol. The Morgan fingerprint density at radius 2 is 1.90 bits per heavy atom. The quantitative estimate of drug-likeness (QED) is 0.678. The van der Waals surface area contributed by atoms with Gasteiger partial charge in [-0.05, 0) is 36.8 Å². The number of carbonyl (C=O) groups excluding carboxylic acids is 3. The minimum Gasteiger partial charge on any atom is -0.454 e. The summed E-state index contributed by atoms with van der Waals surface area (Å²) in [5.41, 5.74) is -0.690. The molecule has 9 nitrogen and oxygen atoms in total. The average molecular weight is 433 g/mol. The second-order valence-corrected chi connectivity index (χ2v) is 6.97. The van der Waals surface area contributed by atoms with E-state index in [0.29, 0.717) is 22.7 Å². The molecule has 0 unspecified atom stereocenters. The van der Waals surface area contributed by atoms with Crippen LogP contribution in [0.2, 0.25) is 0 Å². The van der Waals surface area contributed by atoms with E-state index in [1.165, 1.54) is 31.2 Å². The van der Waals surface area contributed by atoms with Crippen LogP contribution in [0.3, 0.4) is 0 Å². The molecule has 1 fully saturated rings. The molecule has 0 aromatic heterocycles. The Labute approximate surface area is 174 Å². The fourth-order valence-corrected chi connectivity index (χ4v) is 3.32. The second kappa shape index (κ2) is 7.74. The molecule has 4 rings (SSSR count). The maximum absolute atomic E-state index is 12.9. The summed E-state index contributed by atoms with van der Waals surface area (Å²) in [7, 11) is 0. The van der Waals surface area contributed by atoms with E-state index in [0.717, 1.165) is 4.90 Å². The SMILES string of the molecule is C[C@]1(c2ccc(OC(F)F)cc2)NC(=O)N(CC(=O)Nc2ccc3c(c2)OCO3)C1=O. The van der Waals surface area contributed by atoms with Crippen LogP contribution in [0.25, 0.3) is 0 Å². The van der Waals surface area contributed by atoms with Gasteiger partial charge in [0.05, 0.1) is 0 Å². The highest BCUT2D eigenvalue weighted by atomic mass is 19.3. The van der Waals surface area contributed by atoms with Crippen molar-refractivity contribution in [1.29, 1.82) is 0 Å². The molecule has 2 heterocycles. The molecule has 2 aliphatic rings. The van der Waals surface area contributed by atoms with Crippen molar-refractivity contribution < 1.29 is 37.4 Å². The monoisotopic (exact) mass is 433 g/mol. The molecule has 2 N–H and O–H groups in total. The van der Waals surface area contributed by atoms with Crippen LogP contribution in [0.5, 0.6) is 17.2 Å². The van der Waals surface area contributed by atoms with Crippen LogP contribution in [0, 0.1) is 0 Å². The fourth-order valence-electron chi connectivity index (χ4n) is 3.32. The lowest BCUT2D eigenvalue weighted by Gasteiger charge is -2.22. The average Bonchev–Trinajstić information content (AvgIpc) is 3.26. The van der Waals surface area contributed by atoms with E-state index < -0.39 is 36.5 Å². The van der Waals surface area contributed by atoms with Gasteiger partial charge in [0.25, 0.3) is 5.91 Å². The van der Waals surface area contributed by atoms with Crippen molar-refractivity contribution >= 4 is 23.5 Å². The molecular formula is C20H17F2N3O6. The Bertz CT molecular complexity index is 1050. The smallest absolute Gasteiger partial charge is 0.387 e. The summed E-state index contributed by atoms with van der Waals surface area (Å²) in [6, 6.07) is 9.37. The molecule has 0 spiro atoms. The van der Waals surface area contributed by atoms with Crippen molar-refractivity contribution in [1.82, 2.24) is 10.2 Å². The first-order valence-corrected chi connectivity index (χ1v) is 9.15. The van der Waals surface area contributed by atoms with Gasteiger partial charge in [-0.3, -0.25) is 14.5 Å². The number of halogens is 2. The summed E-state index contributed by atoms with van der Waals surface area (Å²) in [6.07, 6.45) is 0. The first kappa shape index (κ1) is 20.4. The zero-order chi connectivity index (χ0) is 22.2. The number of anilines is 1. The summed E-state index contributed by atoms with van der Waals surface area (Å²) in [4.78, 5) is 38.5. The van der Waals surface area contributed by atoms with Crippen molar-refractivity contribution in [2.45, 2.75) is 19.1 Å². The number of alkyl halides is 2. The minimum absolute atomic E-state index is 0.0842. The maximum Gasteiger partial charge on any atom is 0.387 e. The summed E-state index contributed by atoms with van der Waals surface area (Å²) in [5, 5.41) is 5.14. The van der Waals surface area contributed by atoms with E-state index in [4.69, 9.17) is 9.47 Å². The summed E-state index contributed by atoms with van der Waals surface area (Å²) < 4.78 is 39.4. The van der Waals surface area contributed by atoms with Crippen LogP contribution in [-0.4, -0.2) is 42.7 Å². The number of nitrogens with zero attached hydrogens (tertiary/aromatic N) is 1. The largest absolute Gasteiger partial charge is 0.454 e. The zero-order valence-electron chi connectivity index (χ0n) is 16.2. The molecule has 2 aromatic carbocycles. The van der Waals surface area contributed by atoms with E-state index in [9.17, 15) is 23.2 Å². The lowest BCUT2D eigenvalue weighted by molar-refractivity contribution is -0.133. The highest BCUT2D eigenvalue weighted by molar-refractivity contribution is 6.10. The molecule has 11 heteroatoms. The summed E-state index contributed by atoms with van der Waals surface area (Å²) in [5.74, 6) is -0.306. The van der Waals surface area contributed by atoms with Gasteiger partial charge in [0, 0.05) is 11.8 Å². The molecule has 0 aliphatic carbocycles. The number of rotatable bonds is 6. The standard InChI is InChI=1S/C20H17F2N3O6/c1-20(11-2-5-13(6-3-11)31-18(21)22)17(27)25(19(28)24-20)9-16(26)23-12-4-7-14-15(8-12)30-10-29-14/h2-8,18H,9-10H2,1H3,(H,23,26)(H,24,28)/t20-/m1/s1. The molecule has 4 amide bonds. The number of fused-ring (bicyclic) bond motifs is 1. The van der Waals surface area contributed by atoms with Gasteiger partial charge in [0.15, 0.2) is 11.5 Å². The van der Waals surface area contributed by atoms with Gasteiger partial charge in [-0.1, -0.05) is 12.1 Å². The Balaban J connectivity index is 1.44. The van der Waals surface area contributed by atoms with Crippen molar-refractivity contribution in [2.75, 3.05) is 18.7 Å². The molecule has 2 aromatic rings. The van der Waals surface area contributed by atoms with E-state index >= 15 is 0 Å². The first-order chi connectivity index (χ1) is 14.8. The first-order valence-electron chi connectivity index (χ1n) is 9.15. The van der Waals surface area contributed by atoms with Gasteiger partial charge in [-0.15, -0.1) is 0 Å². The van der Waals surface area contributed by atoms with E-state index in [-0.39, 0.29) is 12.5 Å². The van der Waals surface area contributed by atoms with Gasteiger partial charge in [-0.2, -0.15) is 8.78 Å². The predicted octanol–water partition coefficient (Wildman–Crippen LogP) is 2.42. The molecule has 0 saturated carbocycles. The van der Waals surface area contributed by atoms with Crippen LogP contribution in [0.15, 0.2) is 42.5 Å². The Morgan fingerprint density at radius 3 is 2.61 bits per heavy atom. The maximum atomic E-state index is 12.9. The van der Waals surface area contributed by atoms with E-state index in [1.54, 1.807) is 18.2 Å². The molecule has 1 saturated heterocycles. The van der Waals surface area contributed by atoms with Gasteiger partial charge in [0.1, 0.15) is 17.8 Å². The Morgan fingerprint density at radius 1 is 1.19 bits per heavy atom. The lowest BCUT2D eigenvalue weighted by atomic mass is 9.92. The van der Waals surface area contributed by atoms with Crippen LogP contribution in [-0.2, 0) is 15.1 Å². The number of urea groups is 1. The lowest BCUT2D eigenvalue weighted by Crippen LogP contribution is -2.42. The highest BCUT2D eigenvalue weighted by Gasteiger charge is 2.49. The topological polar surface area (TPSA) is 106 Å². The number of hydrogen-bond acceptors (Lipinski definition) is 6.